The molecule has 0 aromatic heterocycles. The molecule has 2 heterocycles. The van der Waals surface area contributed by atoms with E-state index >= 15 is 0 Å². The molecule has 4 nitrogen and oxygen atoms in total. The summed E-state index contributed by atoms with van der Waals surface area (Å²) in [7, 11) is 2.24. The van der Waals surface area contributed by atoms with Crippen molar-refractivity contribution in [2.45, 2.75) is 38.3 Å². The summed E-state index contributed by atoms with van der Waals surface area (Å²) in [5, 5.41) is 3.73. The van der Waals surface area contributed by atoms with Crippen molar-refractivity contribution in [3.63, 3.8) is 0 Å². The number of hydrogen-bond donors (Lipinski definition) is 1. The number of ether oxygens (including phenoxy) is 1. The van der Waals surface area contributed by atoms with E-state index in [0.717, 1.165) is 38.4 Å². The Bertz CT molecular complexity index is 231. The van der Waals surface area contributed by atoms with Gasteiger partial charge < -0.3 is 15.0 Å². The minimum atomic E-state index is 0.732. The lowest BCUT2D eigenvalue weighted by Gasteiger charge is -2.35. The maximum Gasteiger partial charge on any atom is 0.0594 e. The first kappa shape index (κ1) is 14.3. The molecule has 0 aliphatic carbocycles. The summed E-state index contributed by atoms with van der Waals surface area (Å²) in [6.07, 6.45) is 3.87. The Morgan fingerprint density at radius 3 is 2.72 bits per heavy atom. The first-order valence-corrected chi connectivity index (χ1v) is 7.49. The molecular formula is C14H29N3O. The Hall–Kier alpha value is -0.160. The Morgan fingerprint density at radius 1 is 1.22 bits per heavy atom. The Labute approximate surface area is 112 Å². The highest BCUT2D eigenvalue weighted by atomic mass is 16.5. The molecule has 2 aliphatic heterocycles. The summed E-state index contributed by atoms with van der Waals surface area (Å²) < 4.78 is 5.36. The third-order valence-electron chi connectivity index (χ3n) is 4.40. The van der Waals surface area contributed by atoms with E-state index in [0.29, 0.717) is 0 Å². The van der Waals surface area contributed by atoms with Crippen LogP contribution in [0.5, 0.6) is 0 Å². The van der Waals surface area contributed by atoms with Crippen LogP contribution in [0.1, 0.15) is 26.2 Å². The maximum atomic E-state index is 5.36. The average molecular weight is 255 g/mol. The SMILES string of the molecule is CC1CC(NCCCN2CCOCC2)CCN1C. The summed E-state index contributed by atoms with van der Waals surface area (Å²) in [6.45, 7) is 10.0. The Morgan fingerprint density at radius 2 is 2.00 bits per heavy atom. The Balaban J connectivity index is 1.52. The topological polar surface area (TPSA) is 27.7 Å². The van der Waals surface area contributed by atoms with Crippen LogP contribution in [-0.4, -0.2) is 74.9 Å². The summed E-state index contributed by atoms with van der Waals surface area (Å²) in [4.78, 5) is 4.98. The molecule has 0 saturated carbocycles. The predicted molar refractivity (Wildman–Crippen MR) is 75.0 cm³/mol. The molecule has 1 N–H and O–H groups in total. The highest BCUT2D eigenvalue weighted by Gasteiger charge is 2.21. The smallest absolute Gasteiger partial charge is 0.0594 e. The van der Waals surface area contributed by atoms with Gasteiger partial charge in [-0.3, -0.25) is 4.90 Å². The number of nitrogens with one attached hydrogen (secondary N) is 1. The van der Waals surface area contributed by atoms with Gasteiger partial charge in [0.25, 0.3) is 0 Å². The van der Waals surface area contributed by atoms with Crippen LogP contribution >= 0.6 is 0 Å². The van der Waals surface area contributed by atoms with Gasteiger partial charge in [0.1, 0.15) is 0 Å². The molecule has 4 heteroatoms. The highest BCUT2D eigenvalue weighted by molar-refractivity contribution is 4.81. The normalized spacial score (nSPS) is 31.7. The van der Waals surface area contributed by atoms with E-state index in [-0.39, 0.29) is 0 Å². The second-order valence-electron chi connectivity index (χ2n) is 5.81. The molecule has 0 aromatic carbocycles. The molecular weight excluding hydrogens is 226 g/mol. The van der Waals surface area contributed by atoms with Crippen LogP contribution in [0.4, 0.5) is 0 Å². The van der Waals surface area contributed by atoms with Gasteiger partial charge in [-0.2, -0.15) is 0 Å². The number of morpholine rings is 1. The highest BCUT2D eigenvalue weighted by Crippen LogP contribution is 2.15. The molecule has 2 unspecified atom stereocenters. The van der Waals surface area contributed by atoms with Gasteiger partial charge in [0.15, 0.2) is 0 Å². The average Bonchev–Trinajstić information content (AvgIpc) is 2.40. The van der Waals surface area contributed by atoms with Crippen LogP contribution in [0, 0.1) is 0 Å². The van der Waals surface area contributed by atoms with Crippen LogP contribution < -0.4 is 5.32 Å². The molecule has 0 bridgehead atoms. The monoisotopic (exact) mass is 255 g/mol. The van der Waals surface area contributed by atoms with Gasteiger partial charge >= 0.3 is 0 Å². The van der Waals surface area contributed by atoms with E-state index in [1.54, 1.807) is 0 Å². The lowest BCUT2D eigenvalue weighted by atomic mass is 9.99. The van der Waals surface area contributed by atoms with Crippen molar-refractivity contribution in [2.75, 3.05) is 53.0 Å². The molecule has 0 radical (unpaired) electrons. The summed E-state index contributed by atoms with van der Waals surface area (Å²) in [6, 6.07) is 1.47. The van der Waals surface area contributed by atoms with Crippen LogP contribution in [0.25, 0.3) is 0 Å². The largest absolute Gasteiger partial charge is 0.379 e. The summed E-state index contributed by atoms with van der Waals surface area (Å²) in [5.74, 6) is 0. The molecule has 2 aliphatic rings. The minimum Gasteiger partial charge on any atom is -0.379 e. The lowest BCUT2D eigenvalue weighted by molar-refractivity contribution is 0.0372. The fraction of sp³-hybridized carbons (Fsp3) is 1.00. The number of hydrogen-bond acceptors (Lipinski definition) is 4. The zero-order valence-corrected chi connectivity index (χ0v) is 12.0. The van der Waals surface area contributed by atoms with Crippen LogP contribution in [-0.2, 0) is 4.74 Å². The van der Waals surface area contributed by atoms with Gasteiger partial charge in [0, 0.05) is 25.2 Å². The van der Waals surface area contributed by atoms with Crippen LogP contribution in [0.15, 0.2) is 0 Å². The van der Waals surface area contributed by atoms with Gasteiger partial charge in [-0.05, 0) is 52.9 Å². The van der Waals surface area contributed by atoms with Crippen molar-refractivity contribution in [1.29, 1.82) is 0 Å². The van der Waals surface area contributed by atoms with E-state index in [1.807, 2.05) is 0 Å². The molecule has 2 atom stereocenters. The third kappa shape index (κ3) is 4.50. The lowest BCUT2D eigenvalue weighted by Crippen LogP contribution is -2.46. The predicted octanol–water partition coefficient (Wildman–Crippen LogP) is 0.781. The van der Waals surface area contributed by atoms with E-state index in [4.69, 9.17) is 4.74 Å². The van der Waals surface area contributed by atoms with E-state index in [1.165, 1.54) is 38.9 Å². The summed E-state index contributed by atoms with van der Waals surface area (Å²) >= 11 is 0. The van der Waals surface area contributed by atoms with Crippen LogP contribution in [0.2, 0.25) is 0 Å². The van der Waals surface area contributed by atoms with Crippen molar-refractivity contribution >= 4 is 0 Å². The minimum absolute atomic E-state index is 0.732. The van der Waals surface area contributed by atoms with Crippen molar-refractivity contribution in [3.8, 4) is 0 Å². The van der Waals surface area contributed by atoms with E-state index in [2.05, 4.69) is 29.1 Å². The quantitative estimate of drug-likeness (QED) is 0.735. The molecule has 0 amide bonds. The van der Waals surface area contributed by atoms with Gasteiger partial charge in [0.05, 0.1) is 13.2 Å². The number of nitrogens with zero attached hydrogens (tertiary/aromatic N) is 2. The first-order valence-electron chi connectivity index (χ1n) is 7.49. The molecule has 2 rings (SSSR count). The second-order valence-corrected chi connectivity index (χ2v) is 5.81. The van der Waals surface area contributed by atoms with Gasteiger partial charge in [-0.1, -0.05) is 0 Å². The number of piperidine rings is 1. The number of rotatable bonds is 5. The maximum absolute atomic E-state index is 5.36. The first-order chi connectivity index (χ1) is 8.75. The zero-order chi connectivity index (χ0) is 12.8. The second kappa shape index (κ2) is 7.43. The molecule has 2 saturated heterocycles. The van der Waals surface area contributed by atoms with Crippen molar-refractivity contribution in [1.82, 2.24) is 15.1 Å². The fourth-order valence-corrected chi connectivity index (χ4v) is 2.91. The third-order valence-corrected chi connectivity index (χ3v) is 4.40. The van der Waals surface area contributed by atoms with E-state index in [9.17, 15) is 0 Å². The van der Waals surface area contributed by atoms with E-state index < -0.39 is 0 Å². The van der Waals surface area contributed by atoms with Crippen LogP contribution in [0.3, 0.4) is 0 Å². The molecule has 106 valence electrons. The fourth-order valence-electron chi connectivity index (χ4n) is 2.91. The Kier molecular flexibility index (Phi) is 5.89. The number of likely N-dealkylation sites (tertiary alicyclic amines) is 1. The van der Waals surface area contributed by atoms with Crippen molar-refractivity contribution < 1.29 is 4.74 Å². The molecule has 0 aromatic rings. The molecule has 18 heavy (non-hydrogen) atoms. The van der Waals surface area contributed by atoms with Gasteiger partial charge in [-0.15, -0.1) is 0 Å². The van der Waals surface area contributed by atoms with Gasteiger partial charge in [-0.25, -0.2) is 0 Å². The van der Waals surface area contributed by atoms with Crippen molar-refractivity contribution in [2.24, 2.45) is 0 Å². The van der Waals surface area contributed by atoms with Crippen molar-refractivity contribution in [3.05, 3.63) is 0 Å². The summed E-state index contributed by atoms with van der Waals surface area (Å²) in [5.41, 5.74) is 0. The molecule has 0 spiro atoms. The standard InChI is InChI=1S/C14H29N3O/c1-13-12-14(4-7-16(13)2)15-5-3-6-17-8-10-18-11-9-17/h13-15H,3-12H2,1-2H3. The molecule has 2 fully saturated rings. The van der Waals surface area contributed by atoms with Gasteiger partial charge in [0.2, 0.25) is 0 Å². The zero-order valence-electron chi connectivity index (χ0n) is 12.0.